The third kappa shape index (κ3) is 6.49. The number of amides is 1. The Hall–Kier alpha value is -4.21. The molecule has 1 unspecified atom stereocenters. The van der Waals surface area contributed by atoms with E-state index in [1.165, 1.54) is 11.3 Å². The van der Waals surface area contributed by atoms with Crippen LogP contribution < -0.4 is 15.8 Å². The van der Waals surface area contributed by atoms with Crippen LogP contribution in [0, 0.1) is 6.92 Å². The number of nitrogens with zero attached hydrogens (tertiary/aromatic N) is 6. The van der Waals surface area contributed by atoms with Crippen molar-refractivity contribution in [1.29, 1.82) is 0 Å². The van der Waals surface area contributed by atoms with Gasteiger partial charge in [0.15, 0.2) is 0 Å². The van der Waals surface area contributed by atoms with Gasteiger partial charge in [-0.1, -0.05) is 48.0 Å². The van der Waals surface area contributed by atoms with E-state index in [1.807, 2.05) is 40.8 Å². The fourth-order valence-electron chi connectivity index (χ4n) is 6.16. The Morgan fingerprint density at radius 2 is 1.84 bits per heavy atom. The summed E-state index contributed by atoms with van der Waals surface area (Å²) >= 11 is 6.06. The van der Waals surface area contributed by atoms with Gasteiger partial charge in [0.1, 0.15) is 5.82 Å². The molecular weight excluding hydrogens is 574 g/mol. The largest absolute Gasteiger partial charge is 0.366 e. The molecule has 0 spiro atoms. The van der Waals surface area contributed by atoms with Crippen LogP contribution in [-0.2, 0) is 17.8 Å². The van der Waals surface area contributed by atoms with Gasteiger partial charge in [-0.3, -0.25) is 23.5 Å². The molecule has 0 bridgehead atoms. The van der Waals surface area contributed by atoms with E-state index in [2.05, 4.69) is 63.4 Å². The van der Waals surface area contributed by atoms with Crippen molar-refractivity contribution in [2.45, 2.75) is 45.7 Å². The summed E-state index contributed by atoms with van der Waals surface area (Å²) in [6.07, 6.45) is 1.60. The monoisotopic (exact) mass is 611 g/mol. The fourth-order valence-corrected chi connectivity index (χ4v) is 6.29. The van der Waals surface area contributed by atoms with Gasteiger partial charge in [-0.15, -0.1) is 10.2 Å². The topological polar surface area (TPSA) is 87.8 Å². The molecule has 2 aromatic heterocycles. The quantitative estimate of drug-likeness (QED) is 0.230. The molecule has 1 fully saturated rings. The second-order valence-electron chi connectivity index (χ2n) is 11.7. The Bertz CT molecular complexity index is 1830. The maximum atomic E-state index is 13.4. The molecule has 1 aliphatic heterocycles. The highest BCUT2D eigenvalue weighted by molar-refractivity contribution is 6.30. The van der Waals surface area contributed by atoms with Gasteiger partial charge in [-0.05, 0) is 74.3 Å². The molecule has 3 aromatic carbocycles. The Kier molecular flexibility index (Phi) is 8.95. The van der Waals surface area contributed by atoms with E-state index in [-0.39, 0.29) is 17.9 Å². The molecule has 1 aliphatic rings. The van der Waals surface area contributed by atoms with Crippen LogP contribution in [0.5, 0.6) is 0 Å². The number of anilines is 1. The molecule has 5 aromatic rings. The third-order valence-corrected chi connectivity index (χ3v) is 8.67. The maximum Gasteiger partial charge on any atom is 0.263 e. The van der Waals surface area contributed by atoms with E-state index in [1.54, 1.807) is 16.7 Å². The van der Waals surface area contributed by atoms with Gasteiger partial charge in [0.25, 0.3) is 5.56 Å². The highest BCUT2D eigenvalue weighted by Gasteiger charge is 2.23. The van der Waals surface area contributed by atoms with E-state index in [4.69, 9.17) is 11.6 Å². The van der Waals surface area contributed by atoms with Crippen molar-refractivity contribution < 1.29 is 4.79 Å². The molecule has 6 rings (SSSR count). The average molecular weight is 612 g/mol. The number of carbonyl (C=O) groups is 1. The second kappa shape index (κ2) is 13.2. The van der Waals surface area contributed by atoms with Crippen LogP contribution in [0.2, 0.25) is 5.02 Å². The van der Waals surface area contributed by atoms with Crippen molar-refractivity contribution in [3.05, 3.63) is 105 Å². The molecule has 1 amide bonds. The smallest absolute Gasteiger partial charge is 0.263 e. The SMILES string of the molecule is Cc1cccc(N2CCN(CCCNC(=O)CCc3nnc4n(Cc5ccc(Cl)cc5)c(=O)c5ccccc5n34)CC2C)c1. The number of carbonyl (C=O) groups excluding carboxylic acids is 1. The summed E-state index contributed by atoms with van der Waals surface area (Å²) in [4.78, 5) is 31.2. The summed E-state index contributed by atoms with van der Waals surface area (Å²) in [5.74, 6) is 1.09. The lowest BCUT2D eigenvalue weighted by Gasteiger charge is -2.41. The number of piperazine rings is 1. The molecular formula is C34H38ClN7O2. The highest BCUT2D eigenvalue weighted by Crippen LogP contribution is 2.22. The highest BCUT2D eigenvalue weighted by atomic mass is 35.5. The van der Waals surface area contributed by atoms with Gasteiger partial charge in [0, 0.05) is 55.8 Å². The summed E-state index contributed by atoms with van der Waals surface area (Å²) in [5.41, 5.74) is 4.11. The van der Waals surface area contributed by atoms with Gasteiger partial charge in [0.05, 0.1) is 17.4 Å². The maximum absolute atomic E-state index is 13.4. The summed E-state index contributed by atoms with van der Waals surface area (Å²) in [5, 5.41) is 13.1. The van der Waals surface area contributed by atoms with Gasteiger partial charge in [-0.2, -0.15) is 0 Å². The minimum atomic E-state index is -0.134. The van der Waals surface area contributed by atoms with E-state index < -0.39 is 0 Å². The van der Waals surface area contributed by atoms with Gasteiger partial charge in [0.2, 0.25) is 11.7 Å². The van der Waals surface area contributed by atoms with Crippen molar-refractivity contribution in [2.24, 2.45) is 0 Å². The standard InChI is InChI=1S/C34H38ClN7O2/c1-24-7-5-8-28(21-24)40-20-19-39(22-25(40)2)18-6-17-36-32(43)16-15-31-37-38-34-41(23-26-11-13-27(35)14-12-26)33(44)29-9-3-4-10-30(29)42(31)34/h3-5,7-14,21,25H,6,15-20,22-23H2,1-2H3,(H,36,43). The Balaban J connectivity index is 1.05. The first-order chi connectivity index (χ1) is 21.4. The molecule has 10 heteroatoms. The van der Waals surface area contributed by atoms with E-state index >= 15 is 0 Å². The van der Waals surface area contributed by atoms with Crippen LogP contribution in [0.4, 0.5) is 5.69 Å². The van der Waals surface area contributed by atoms with Crippen molar-refractivity contribution >= 4 is 39.9 Å². The molecule has 1 saturated heterocycles. The summed E-state index contributed by atoms with van der Waals surface area (Å²) < 4.78 is 3.53. The van der Waals surface area contributed by atoms with Crippen LogP contribution in [-0.4, -0.2) is 68.7 Å². The molecule has 3 heterocycles. The lowest BCUT2D eigenvalue weighted by Crippen LogP contribution is -2.52. The van der Waals surface area contributed by atoms with Crippen LogP contribution in [0.25, 0.3) is 16.7 Å². The van der Waals surface area contributed by atoms with Crippen LogP contribution >= 0.6 is 11.6 Å². The molecule has 9 nitrogen and oxygen atoms in total. The number of para-hydroxylation sites is 1. The number of hydrogen-bond acceptors (Lipinski definition) is 6. The first kappa shape index (κ1) is 29.8. The summed E-state index contributed by atoms with van der Waals surface area (Å²) in [7, 11) is 0. The Morgan fingerprint density at radius 1 is 1.02 bits per heavy atom. The number of benzene rings is 3. The van der Waals surface area contributed by atoms with Gasteiger partial charge < -0.3 is 10.2 Å². The van der Waals surface area contributed by atoms with Crippen LogP contribution in [0.1, 0.15) is 36.7 Å². The van der Waals surface area contributed by atoms with Crippen molar-refractivity contribution in [3.8, 4) is 0 Å². The third-order valence-electron chi connectivity index (χ3n) is 8.42. The summed E-state index contributed by atoms with van der Waals surface area (Å²) in [6, 6.07) is 24.0. The van der Waals surface area contributed by atoms with E-state index in [0.717, 1.165) is 43.7 Å². The number of halogens is 1. The van der Waals surface area contributed by atoms with E-state index in [9.17, 15) is 9.59 Å². The molecule has 0 radical (unpaired) electrons. The van der Waals surface area contributed by atoms with Gasteiger partial charge in [-0.25, -0.2) is 0 Å². The molecule has 1 atom stereocenters. The van der Waals surface area contributed by atoms with Crippen molar-refractivity contribution in [2.75, 3.05) is 37.6 Å². The minimum absolute atomic E-state index is 0.0156. The number of hydrogen-bond donors (Lipinski definition) is 1. The van der Waals surface area contributed by atoms with Crippen molar-refractivity contribution in [1.82, 2.24) is 29.4 Å². The first-order valence-corrected chi connectivity index (χ1v) is 15.7. The molecule has 0 aliphatic carbocycles. The number of nitrogens with one attached hydrogen (secondary N) is 1. The Morgan fingerprint density at radius 3 is 2.64 bits per heavy atom. The zero-order valence-electron chi connectivity index (χ0n) is 25.2. The molecule has 0 saturated carbocycles. The predicted molar refractivity (Wildman–Crippen MR) is 176 cm³/mol. The normalized spacial score (nSPS) is 15.7. The molecule has 44 heavy (non-hydrogen) atoms. The zero-order chi connectivity index (χ0) is 30.6. The second-order valence-corrected chi connectivity index (χ2v) is 12.1. The molecule has 1 N–H and O–H groups in total. The Labute approximate surface area is 262 Å². The zero-order valence-corrected chi connectivity index (χ0v) is 26.0. The predicted octanol–water partition coefficient (Wildman–Crippen LogP) is 4.70. The van der Waals surface area contributed by atoms with Crippen molar-refractivity contribution in [3.63, 3.8) is 0 Å². The number of fused-ring (bicyclic) bond motifs is 3. The number of aryl methyl sites for hydroxylation is 2. The van der Waals surface area contributed by atoms with Gasteiger partial charge >= 0.3 is 0 Å². The number of rotatable bonds is 10. The lowest BCUT2D eigenvalue weighted by atomic mass is 10.1. The van der Waals surface area contributed by atoms with E-state index in [0.29, 0.717) is 47.6 Å². The number of aromatic nitrogens is 4. The molecule has 228 valence electrons. The first-order valence-electron chi connectivity index (χ1n) is 15.3. The van der Waals surface area contributed by atoms with Crippen LogP contribution in [0.3, 0.4) is 0 Å². The average Bonchev–Trinajstić information content (AvgIpc) is 3.45. The fraction of sp³-hybridized carbons (Fsp3) is 0.353. The van der Waals surface area contributed by atoms with Crippen LogP contribution in [0.15, 0.2) is 77.6 Å². The summed E-state index contributed by atoms with van der Waals surface area (Å²) in [6.45, 7) is 9.38. The lowest BCUT2D eigenvalue weighted by molar-refractivity contribution is -0.121. The minimum Gasteiger partial charge on any atom is -0.366 e.